The maximum Gasteiger partial charge on any atom is 0.130 e. The third-order valence-electron chi connectivity index (χ3n) is 1.64. The van der Waals surface area contributed by atoms with Gasteiger partial charge in [0, 0.05) is 5.30 Å². The van der Waals surface area contributed by atoms with Gasteiger partial charge in [-0.25, -0.2) is 4.39 Å². The van der Waals surface area contributed by atoms with Gasteiger partial charge < -0.3 is 10.8 Å². The van der Waals surface area contributed by atoms with Crippen molar-refractivity contribution < 1.29 is 9.50 Å². The van der Waals surface area contributed by atoms with Crippen molar-refractivity contribution in [3.05, 3.63) is 29.6 Å². The van der Waals surface area contributed by atoms with E-state index in [9.17, 15) is 4.39 Å². The predicted octanol–water partition coefficient (Wildman–Crippen LogP) is 0.318. The van der Waals surface area contributed by atoms with Gasteiger partial charge in [-0.1, -0.05) is 6.07 Å². The van der Waals surface area contributed by atoms with Gasteiger partial charge >= 0.3 is 0 Å². The fraction of sp³-hybridized carbons (Fsp3) is 0.250. The minimum absolute atomic E-state index is 0.129. The van der Waals surface area contributed by atoms with Gasteiger partial charge in [-0.15, -0.1) is 9.24 Å². The summed E-state index contributed by atoms with van der Waals surface area (Å²) in [5.74, 6) is -0.283. The lowest BCUT2D eigenvalue weighted by Gasteiger charge is -2.08. The number of nitrogens with two attached hydrogens (primary N) is 1. The van der Waals surface area contributed by atoms with E-state index in [1.54, 1.807) is 12.1 Å². The number of halogens is 1. The molecule has 0 spiro atoms. The Morgan fingerprint density at radius 2 is 2.25 bits per heavy atom. The molecule has 1 aromatic carbocycles. The van der Waals surface area contributed by atoms with E-state index < -0.39 is 6.04 Å². The molecular weight excluding hydrogens is 176 g/mol. The molecule has 2 nitrogen and oxygen atoms in total. The number of aliphatic hydroxyl groups excluding tert-OH is 1. The number of benzene rings is 1. The molecule has 0 fully saturated rings. The summed E-state index contributed by atoms with van der Waals surface area (Å²) >= 11 is 0. The number of hydrogen-bond donors (Lipinski definition) is 2. The minimum atomic E-state index is -0.426. The Bertz CT molecular complexity index is 280. The third-order valence-corrected chi connectivity index (χ3v) is 2.09. The van der Waals surface area contributed by atoms with Crippen LogP contribution in [0.1, 0.15) is 11.6 Å². The molecule has 0 aliphatic heterocycles. The lowest BCUT2D eigenvalue weighted by atomic mass is 10.1. The number of rotatable bonds is 2. The van der Waals surface area contributed by atoms with Crippen LogP contribution in [0.4, 0.5) is 4.39 Å². The van der Waals surface area contributed by atoms with Crippen LogP contribution in [0.2, 0.25) is 0 Å². The van der Waals surface area contributed by atoms with Crippen molar-refractivity contribution in [1.29, 1.82) is 0 Å². The van der Waals surface area contributed by atoms with Crippen molar-refractivity contribution in [2.24, 2.45) is 5.73 Å². The fourth-order valence-electron chi connectivity index (χ4n) is 0.898. The standard InChI is InChI=1S/C8H11FNOP/c9-6-2-1-5(3-8(6)12)7(10)4-11/h1-3,7,11H,4,10,12H2. The summed E-state index contributed by atoms with van der Waals surface area (Å²) in [5.41, 5.74) is 6.27. The van der Waals surface area contributed by atoms with Crippen LogP contribution < -0.4 is 11.0 Å². The summed E-state index contributed by atoms with van der Waals surface area (Å²) in [4.78, 5) is 0. The van der Waals surface area contributed by atoms with Crippen molar-refractivity contribution in [3.8, 4) is 0 Å². The van der Waals surface area contributed by atoms with Crippen molar-refractivity contribution in [3.63, 3.8) is 0 Å². The molecule has 3 N–H and O–H groups in total. The van der Waals surface area contributed by atoms with Crippen LogP contribution in [0.25, 0.3) is 0 Å². The quantitative estimate of drug-likeness (QED) is 0.655. The Kier molecular flexibility index (Phi) is 3.15. The molecule has 2 atom stereocenters. The van der Waals surface area contributed by atoms with Gasteiger partial charge in [-0.3, -0.25) is 0 Å². The average Bonchev–Trinajstić information content (AvgIpc) is 2.08. The van der Waals surface area contributed by atoms with Crippen LogP contribution >= 0.6 is 9.24 Å². The van der Waals surface area contributed by atoms with Crippen LogP contribution in [-0.4, -0.2) is 11.7 Å². The second kappa shape index (κ2) is 3.94. The Morgan fingerprint density at radius 1 is 1.58 bits per heavy atom. The monoisotopic (exact) mass is 187 g/mol. The molecule has 0 aliphatic rings. The first-order valence-corrected chi connectivity index (χ1v) is 4.14. The first-order chi connectivity index (χ1) is 5.65. The maximum absolute atomic E-state index is 12.7. The highest BCUT2D eigenvalue weighted by Crippen LogP contribution is 2.10. The molecule has 0 saturated carbocycles. The summed E-state index contributed by atoms with van der Waals surface area (Å²) < 4.78 is 12.7. The van der Waals surface area contributed by atoms with Crippen LogP contribution in [0, 0.1) is 5.82 Å². The van der Waals surface area contributed by atoms with E-state index in [4.69, 9.17) is 10.8 Å². The van der Waals surface area contributed by atoms with E-state index in [1.807, 2.05) is 0 Å². The molecule has 0 aromatic heterocycles. The molecule has 0 heterocycles. The van der Waals surface area contributed by atoms with Gasteiger partial charge in [0.05, 0.1) is 12.6 Å². The van der Waals surface area contributed by atoms with Crippen LogP contribution in [0.15, 0.2) is 18.2 Å². The molecule has 0 radical (unpaired) electrons. The number of hydrogen-bond acceptors (Lipinski definition) is 2. The summed E-state index contributed by atoms with van der Waals surface area (Å²) in [5, 5.41) is 9.19. The van der Waals surface area contributed by atoms with Crippen LogP contribution in [0.5, 0.6) is 0 Å². The van der Waals surface area contributed by atoms with Gasteiger partial charge in [0.25, 0.3) is 0 Å². The summed E-state index contributed by atoms with van der Waals surface area (Å²) in [6.07, 6.45) is 0. The van der Waals surface area contributed by atoms with Crippen molar-refractivity contribution >= 4 is 14.5 Å². The molecule has 1 aromatic rings. The van der Waals surface area contributed by atoms with E-state index >= 15 is 0 Å². The summed E-state index contributed by atoms with van der Waals surface area (Å²) in [7, 11) is 2.27. The maximum atomic E-state index is 12.7. The van der Waals surface area contributed by atoms with Gasteiger partial charge in [0.2, 0.25) is 0 Å². The summed E-state index contributed by atoms with van der Waals surface area (Å²) in [6.45, 7) is -0.129. The first kappa shape index (κ1) is 9.59. The van der Waals surface area contributed by atoms with Crippen molar-refractivity contribution in [2.75, 3.05) is 6.61 Å². The Labute approximate surface area is 72.8 Å². The predicted molar refractivity (Wildman–Crippen MR) is 49.8 cm³/mol. The molecule has 1 rings (SSSR count). The fourth-order valence-corrected chi connectivity index (χ4v) is 1.19. The highest BCUT2D eigenvalue weighted by molar-refractivity contribution is 7.27. The van der Waals surface area contributed by atoms with Gasteiger partial charge in [-0.2, -0.15) is 0 Å². The topological polar surface area (TPSA) is 46.2 Å². The largest absolute Gasteiger partial charge is 0.394 e. The normalized spacial score (nSPS) is 13.0. The smallest absolute Gasteiger partial charge is 0.130 e. The van der Waals surface area contributed by atoms with E-state index in [0.29, 0.717) is 5.30 Å². The van der Waals surface area contributed by atoms with Crippen LogP contribution in [0.3, 0.4) is 0 Å². The molecule has 66 valence electrons. The van der Waals surface area contributed by atoms with Gasteiger partial charge in [0.1, 0.15) is 5.82 Å². The zero-order valence-electron chi connectivity index (χ0n) is 6.50. The second-order valence-corrected chi connectivity index (χ2v) is 3.19. The first-order valence-electron chi connectivity index (χ1n) is 3.56. The third kappa shape index (κ3) is 2.01. The Morgan fingerprint density at radius 3 is 2.75 bits per heavy atom. The van der Waals surface area contributed by atoms with Crippen molar-refractivity contribution in [2.45, 2.75) is 6.04 Å². The number of aliphatic hydroxyl groups is 1. The summed E-state index contributed by atoms with van der Waals surface area (Å²) in [6, 6.07) is 4.10. The zero-order chi connectivity index (χ0) is 9.14. The molecular formula is C8H11FNOP. The second-order valence-electron chi connectivity index (χ2n) is 2.57. The van der Waals surface area contributed by atoms with Crippen LogP contribution in [-0.2, 0) is 0 Å². The SMILES string of the molecule is NC(CO)c1ccc(F)c(P)c1. The minimum Gasteiger partial charge on any atom is -0.394 e. The highest BCUT2D eigenvalue weighted by atomic mass is 31.0. The van der Waals surface area contributed by atoms with Gasteiger partial charge in [0.15, 0.2) is 0 Å². The van der Waals surface area contributed by atoms with Crippen molar-refractivity contribution in [1.82, 2.24) is 0 Å². The lowest BCUT2D eigenvalue weighted by molar-refractivity contribution is 0.268. The van der Waals surface area contributed by atoms with E-state index in [-0.39, 0.29) is 12.4 Å². The van der Waals surface area contributed by atoms with Gasteiger partial charge in [-0.05, 0) is 17.7 Å². The van der Waals surface area contributed by atoms with E-state index in [0.717, 1.165) is 5.56 Å². The molecule has 0 saturated heterocycles. The molecule has 2 unspecified atom stereocenters. The lowest BCUT2D eigenvalue weighted by Crippen LogP contribution is -2.16. The Hall–Kier alpha value is -0.500. The highest BCUT2D eigenvalue weighted by Gasteiger charge is 2.05. The molecule has 0 amide bonds. The Balaban J connectivity index is 2.96. The molecule has 0 aliphatic carbocycles. The molecule has 4 heteroatoms. The van der Waals surface area contributed by atoms with E-state index in [2.05, 4.69) is 9.24 Å². The zero-order valence-corrected chi connectivity index (χ0v) is 7.65. The molecule has 0 bridgehead atoms. The van der Waals surface area contributed by atoms with E-state index in [1.165, 1.54) is 6.07 Å². The molecule has 12 heavy (non-hydrogen) atoms. The average molecular weight is 187 g/mol.